The van der Waals surface area contributed by atoms with E-state index in [4.69, 9.17) is 11.0 Å². The molecule has 0 spiro atoms. The van der Waals surface area contributed by atoms with Gasteiger partial charge in [0.1, 0.15) is 11.9 Å². The minimum Gasteiger partial charge on any atom is -0.397 e. The van der Waals surface area contributed by atoms with E-state index in [9.17, 15) is 0 Å². The van der Waals surface area contributed by atoms with E-state index in [0.29, 0.717) is 17.3 Å². The highest BCUT2D eigenvalue weighted by Crippen LogP contribution is 2.12. The summed E-state index contributed by atoms with van der Waals surface area (Å²) in [5.74, 6) is 0.961. The van der Waals surface area contributed by atoms with Gasteiger partial charge in [-0.25, -0.2) is 9.97 Å². The van der Waals surface area contributed by atoms with E-state index in [0.717, 1.165) is 5.69 Å². The van der Waals surface area contributed by atoms with Gasteiger partial charge in [0, 0.05) is 12.4 Å². The van der Waals surface area contributed by atoms with Crippen LogP contribution in [0.2, 0.25) is 0 Å². The topological polar surface area (TPSA) is 80.5 Å². The van der Waals surface area contributed by atoms with Crippen LogP contribution in [-0.2, 0) is 0 Å². The molecule has 0 fully saturated rings. The van der Waals surface area contributed by atoms with Gasteiger partial charge in [-0.1, -0.05) is 0 Å². The summed E-state index contributed by atoms with van der Waals surface area (Å²) >= 11 is 0. The fraction of sp³-hybridized carbons (Fsp3) is 0.100. The number of nitrogens with two attached hydrogens (primary N) is 1. The van der Waals surface area contributed by atoms with Crippen LogP contribution < -0.4 is 5.73 Å². The number of aromatic nitrogens is 3. The van der Waals surface area contributed by atoms with Gasteiger partial charge in [-0.15, -0.1) is 0 Å². The van der Waals surface area contributed by atoms with E-state index in [-0.39, 0.29) is 0 Å². The third kappa shape index (κ3) is 1.53. The first-order valence-electron chi connectivity index (χ1n) is 4.39. The number of rotatable bonds is 1. The molecular formula is C10H9N5. The molecule has 0 radical (unpaired) electrons. The molecule has 2 heterocycles. The summed E-state index contributed by atoms with van der Waals surface area (Å²) in [5.41, 5.74) is 7.04. The van der Waals surface area contributed by atoms with Crippen LogP contribution in [0.25, 0.3) is 5.82 Å². The molecule has 5 nitrogen and oxygen atoms in total. The minimum atomic E-state index is 0.312. The van der Waals surface area contributed by atoms with Crippen LogP contribution in [0.4, 0.5) is 5.69 Å². The molecule has 0 bridgehead atoms. The van der Waals surface area contributed by atoms with Gasteiger partial charge in [-0.3, -0.25) is 4.57 Å². The van der Waals surface area contributed by atoms with Crippen LogP contribution in [0, 0.1) is 18.3 Å². The largest absolute Gasteiger partial charge is 0.397 e. The molecule has 74 valence electrons. The summed E-state index contributed by atoms with van der Waals surface area (Å²) in [6.07, 6.45) is 3.25. The molecule has 0 saturated carbocycles. The molecule has 0 aliphatic carbocycles. The van der Waals surface area contributed by atoms with Crippen molar-refractivity contribution < 1.29 is 0 Å². The first-order chi connectivity index (χ1) is 7.22. The van der Waals surface area contributed by atoms with E-state index in [1.165, 1.54) is 0 Å². The second kappa shape index (κ2) is 3.42. The Labute approximate surface area is 86.8 Å². The van der Waals surface area contributed by atoms with Crippen LogP contribution in [0.1, 0.15) is 11.5 Å². The van der Waals surface area contributed by atoms with Crippen molar-refractivity contribution in [2.75, 3.05) is 5.73 Å². The summed E-state index contributed by atoms with van der Waals surface area (Å²) in [6, 6.07) is 5.51. The number of pyridine rings is 1. The number of hydrogen-bond donors (Lipinski definition) is 1. The Morgan fingerprint density at radius 1 is 1.47 bits per heavy atom. The van der Waals surface area contributed by atoms with Crippen molar-refractivity contribution in [3.05, 3.63) is 36.0 Å². The molecular weight excluding hydrogens is 190 g/mol. The molecule has 0 unspecified atom stereocenters. The fourth-order valence-corrected chi connectivity index (χ4v) is 1.26. The highest BCUT2D eigenvalue weighted by Gasteiger charge is 2.05. The van der Waals surface area contributed by atoms with Crippen molar-refractivity contribution in [3.8, 4) is 11.9 Å². The first-order valence-corrected chi connectivity index (χ1v) is 4.39. The van der Waals surface area contributed by atoms with Gasteiger partial charge in [-0.2, -0.15) is 5.26 Å². The Bertz CT molecular complexity index is 535. The maximum absolute atomic E-state index is 8.81. The second-order valence-electron chi connectivity index (χ2n) is 3.08. The van der Waals surface area contributed by atoms with Crippen molar-refractivity contribution in [2.45, 2.75) is 6.92 Å². The number of anilines is 1. The van der Waals surface area contributed by atoms with Gasteiger partial charge < -0.3 is 5.73 Å². The molecule has 0 aliphatic heterocycles. The molecule has 2 rings (SSSR count). The maximum Gasteiger partial charge on any atom is 0.218 e. The van der Waals surface area contributed by atoms with Crippen LogP contribution >= 0.6 is 0 Å². The van der Waals surface area contributed by atoms with E-state index in [2.05, 4.69) is 9.97 Å². The van der Waals surface area contributed by atoms with Crippen LogP contribution in [0.15, 0.2) is 24.5 Å². The number of imidazole rings is 1. The van der Waals surface area contributed by atoms with Crippen molar-refractivity contribution in [1.82, 2.24) is 14.5 Å². The van der Waals surface area contributed by atoms with Gasteiger partial charge in [0.25, 0.3) is 0 Å². The van der Waals surface area contributed by atoms with Crippen molar-refractivity contribution in [3.63, 3.8) is 0 Å². The normalized spacial score (nSPS) is 9.87. The van der Waals surface area contributed by atoms with Crippen LogP contribution in [0.5, 0.6) is 0 Å². The maximum atomic E-state index is 8.81. The van der Waals surface area contributed by atoms with E-state index in [1.54, 1.807) is 29.1 Å². The van der Waals surface area contributed by atoms with Gasteiger partial charge in [0.2, 0.25) is 5.82 Å². The Morgan fingerprint density at radius 3 is 2.93 bits per heavy atom. The molecule has 0 aliphatic rings. The lowest BCUT2D eigenvalue weighted by atomic mass is 10.3. The number of nitrogens with zero attached hydrogens (tertiary/aromatic N) is 4. The monoisotopic (exact) mass is 199 g/mol. The van der Waals surface area contributed by atoms with E-state index in [1.807, 2.05) is 13.0 Å². The molecule has 5 heteroatoms. The third-order valence-electron chi connectivity index (χ3n) is 2.10. The molecule has 15 heavy (non-hydrogen) atoms. The molecule has 0 aromatic carbocycles. The smallest absolute Gasteiger partial charge is 0.218 e. The predicted octanol–water partition coefficient (Wildman–Crippen LogP) is 1.03. The molecule has 2 aromatic heterocycles. The van der Waals surface area contributed by atoms with Crippen molar-refractivity contribution in [2.24, 2.45) is 0 Å². The van der Waals surface area contributed by atoms with Crippen molar-refractivity contribution in [1.29, 1.82) is 5.26 Å². The van der Waals surface area contributed by atoms with Crippen LogP contribution in [0.3, 0.4) is 0 Å². The molecule has 0 atom stereocenters. The zero-order chi connectivity index (χ0) is 10.8. The lowest BCUT2D eigenvalue weighted by molar-refractivity contribution is 0.955. The standard InChI is InChI=1S/C10H9N5/c1-7-8(12)2-3-9(14-7)15-5-4-13-10(15)6-11/h2-5H,12H2,1H3. The SMILES string of the molecule is Cc1nc(-n2ccnc2C#N)ccc1N. The fourth-order valence-electron chi connectivity index (χ4n) is 1.26. The summed E-state index contributed by atoms with van der Waals surface area (Å²) in [7, 11) is 0. The lowest BCUT2D eigenvalue weighted by Crippen LogP contribution is -2.02. The van der Waals surface area contributed by atoms with Crippen molar-refractivity contribution >= 4 is 5.69 Å². The zero-order valence-corrected chi connectivity index (χ0v) is 8.18. The average molecular weight is 199 g/mol. The molecule has 0 saturated heterocycles. The molecule has 2 aromatic rings. The quantitative estimate of drug-likeness (QED) is 0.743. The Hall–Kier alpha value is -2.35. The lowest BCUT2D eigenvalue weighted by Gasteiger charge is -2.05. The van der Waals surface area contributed by atoms with Gasteiger partial charge in [0.15, 0.2) is 0 Å². The molecule has 2 N–H and O–H groups in total. The van der Waals surface area contributed by atoms with Crippen LogP contribution in [-0.4, -0.2) is 14.5 Å². The second-order valence-corrected chi connectivity index (χ2v) is 3.08. The Balaban J connectivity index is 2.56. The summed E-state index contributed by atoms with van der Waals surface area (Å²) < 4.78 is 1.62. The minimum absolute atomic E-state index is 0.312. The predicted molar refractivity (Wildman–Crippen MR) is 55.2 cm³/mol. The number of nitriles is 1. The Morgan fingerprint density at radius 2 is 2.27 bits per heavy atom. The summed E-state index contributed by atoms with van der Waals surface area (Å²) in [6.45, 7) is 1.82. The Kier molecular flexibility index (Phi) is 2.10. The number of nitrogen functional groups attached to an aromatic ring is 1. The number of aryl methyl sites for hydroxylation is 1. The van der Waals surface area contributed by atoms with Gasteiger partial charge in [-0.05, 0) is 19.1 Å². The zero-order valence-electron chi connectivity index (χ0n) is 8.18. The summed E-state index contributed by atoms with van der Waals surface area (Å²) in [5, 5.41) is 8.81. The number of hydrogen-bond acceptors (Lipinski definition) is 4. The molecule has 0 amide bonds. The van der Waals surface area contributed by atoms with E-state index >= 15 is 0 Å². The van der Waals surface area contributed by atoms with E-state index < -0.39 is 0 Å². The average Bonchev–Trinajstić information content (AvgIpc) is 2.70. The summed E-state index contributed by atoms with van der Waals surface area (Å²) in [4.78, 5) is 8.16. The van der Waals surface area contributed by atoms with Gasteiger partial charge in [0.05, 0.1) is 11.4 Å². The first kappa shape index (κ1) is 9.21. The highest BCUT2D eigenvalue weighted by molar-refractivity contribution is 5.46. The highest BCUT2D eigenvalue weighted by atomic mass is 15.1. The van der Waals surface area contributed by atoms with Gasteiger partial charge >= 0.3 is 0 Å². The third-order valence-corrected chi connectivity index (χ3v) is 2.10.